The Morgan fingerprint density at radius 1 is 0.852 bits per heavy atom. The first kappa shape index (κ1) is 35.2. The number of nitrogens with one attached hydrogen (secondary N) is 1. The van der Waals surface area contributed by atoms with Gasteiger partial charge < -0.3 is 9.80 Å². The van der Waals surface area contributed by atoms with E-state index >= 15 is 0 Å². The minimum Gasteiger partial charge on any atom is -0.371 e. The molecule has 0 bridgehead atoms. The van der Waals surface area contributed by atoms with E-state index in [1.54, 1.807) is 24.3 Å². The van der Waals surface area contributed by atoms with Crippen LogP contribution in [-0.2, 0) is 16.1 Å². The summed E-state index contributed by atoms with van der Waals surface area (Å²) in [7, 11) is 0. The number of piperazine rings is 1. The number of amides is 5. The summed E-state index contributed by atoms with van der Waals surface area (Å²) in [6.45, 7) is 5.03. The first-order valence-corrected chi connectivity index (χ1v) is 18.5. The van der Waals surface area contributed by atoms with Crippen LogP contribution in [0.2, 0.25) is 5.02 Å². The van der Waals surface area contributed by atoms with Crippen LogP contribution in [0, 0.1) is 11.3 Å². The van der Waals surface area contributed by atoms with Gasteiger partial charge in [-0.15, -0.1) is 0 Å². The van der Waals surface area contributed by atoms with Crippen LogP contribution in [0.3, 0.4) is 0 Å². The number of halogens is 1. The van der Waals surface area contributed by atoms with E-state index in [1.807, 2.05) is 58.2 Å². The molecule has 3 fully saturated rings. The van der Waals surface area contributed by atoms with Gasteiger partial charge in [0.15, 0.2) is 0 Å². The van der Waals surface area contributed by atoms with Gasteiger partial charge in [-0.2, -0.15) is 10.4 Å². The molecule has 5 amide bonds. The average molecular weight is 745 g/mol. The quantitative estimate of drug-likeness (QED) is 0.278. The molecule has 1 N–H and O–H groups in total. The van der Waals surface area contributed by atoms with Crippen molar-refractivity contribution in [2.75, 3.05) is 44.2 Å². The lowest BCUT2D eigenvalue weighted by molar-refractivity contribution is -0.136. The van der Waals surface area contributed by atoms with Crippen molar-refractivity contribution >= 4 is 46.8 Å². The molecule has 4 aliphatic rings. The van der Waals surface area contributed by atoms with Crippen LogP contribution in [-0.4, -0.2) is 105 Å². The van der Waals surface area contributed by atoms with Gasteiger partial charge in [0.2, 0.25) is 11.8 Å². The molecule has 0 spiro atoms. The number of anilines is 1. The summed E-state index contributed by atoms with van der Waals surface area (Å²) in [5.74, 6) is -1.99. The number of imide groups is 2. The molecule has 4 aromatic rings. The molecular formula is C40H37ClN8O5. The number of nitrogens with zero attached hydrogens (tertiary/aromatic N) is 7. The fraction of sp³-hybridized carbons (Fsp3) is 0.325. The maximum atomic E-state index is 13.4. The fourth-order valence-corrected chi connectivity index (χ4v) is 8.15. The molecule has 1 aromatic heterocycles. The third-order valence-electron chi connectivity index (χ3n) is 10.9. The lowest BCUT2D eigenvalue weighted by Gasteiger charge is -2.43. The second-order valence-electron chi connectivity index (χ2n) is 14.1. The zero-order chi connectivity index (χ0) is 37.5. The Balaban J connectivity index is 0.814. The predicted octanol–water partition coefficient (Wildman–Crippen LogP) is 3.95. The molecule has 5 heterocycles. The van der Waals surface area contributed by atoms with Gasteiger partial charge in [0.25, 0.3) is 17.7 Å². The average Bonchev–Trinajstić information content (AvgIpc) is 3.76. The van der Waals surface area contributed by atoms with Crippen molar-refractivity contribution in [1.29, 1.82) is 5.26 Å². The number of aromatic nitrogens is 2. The minimum atomic E-state index is -0.984. The van der Waals surface area contributed by atoms with Gasteiger partial charge in [-0.1, -0.05) is 29.8 Å². The molecular weight excluding hydrogens is 708 g/mol. The smallest absolute Gasteiger partial charge is 0.262 e. The number of hydrogen-bond donors (Lipinski definition) is 1. The van der Waals surface area contributed by atoms with Crippen molar-refractivity contribution in [2.24, 2.45) is 0 Å². The van der Waals surface area contributed by atoms with Gasteiger partial charge in [0.1, 0.15) is 12.1 Å². The Bertz CT molecular complexity index is 2210. The number of piperidine rings is 2. The maximum absolute atomic E-state index is 13.4. The van der Waals surface area contributed by atoms with E-state index < -0.39 is 29.7 Å². The number of rotatable bonds is 7. The molecule has 3 saturated heterocycles. The van der Waals surface area contributed by atoms with Gasteiger partial charge in [0.05, 0.1) is 34.0 Å². The molecule has 1 atom stereocenters. The molecule has 54 heavy (non-hydrogen) atoms. The van der Waals surface area contributed by atoms with Crippen molar-refractivity contribution in [3.63, 3.8) is 0 Å². The Morgan fingerprint density at radius 2 is 1.59 bits per heavy atom. The molecule has 4 aliphatic heterocycles. The van der Waals surface area contributed by atoms with Gasteiger partial charge in [-0.3, -0.25) is 43.8 Å². The summed E-state index contributed by atoms with van der Waals surface area (Å²) in [5.41, 5.74) is 5.12. The molecule has 0 aliphatic carbocycles. The zero-order valence-electron chi connectivity index (χ0n) is 29.4. The minimum absolute atomic E-state index is 0.0240. The molecule has 0 saturated carbocycles. The second kappa shape index (κ2) is 14.5. The summed E-state index contributed by atoms with van der Waals surface area (Å²) < 4.78 is 1.83. The van der Waals surface area contributed by atoms with Crippen molar-refractivity contribution in [3.05, 3.63) is 106 Å². The van der Waals surface area contributed by atoms with Crippen LogP contribution < -0.4 is 10.2 Å². The van der Waals surface area contributed by atoms with Gasteiger partial charge >= 0.3 is 0 Å². The number of benzene rings is 3. The number of nitriles is 1. The topological polar surface area (TPSA) is 152 Å². The van der Waals surface area contributed by atoms with E-state index in [0.717, 1.165) is 66.4 Å². The van der Waals surface area contributed by atoms with Gasteiger partial charge in [0, 0.05) is 74.7 Å². The fourth-order valence-electron chi connectivity index (χ4n) is 7.93. The molecule has 8 rings (SSSR count). The normalized spacial score (nSPS) is 19.6. The molecule has 14 heteroatoms. The first-order chi connectivity index (χ1) is 26.2. The highest BCUT2D eigenvalue weighted by atomic mass is 35.5. The number of carbonyl (C=O) groups is 5. The monoisotopic (exact) mass is 744 g/mol. The summed E-state index contributed by atoms with van der Waals surface area (Å²) in [5, 5.41) is 16.4. The Kier molecular flexibility index (Phi) is 9.47. The standard InChI is InChI=1S/C40H37ClN8O5/c41-33-21-27(5-6-28(33)23-42)34-13-16-48(44-34)24-25-1-3-26(4-2-25)38(52)47-19-17-46(18-20-47)29-11-14-45(15-12-29)30-7-8-31-32(22-30)40(54)49(39(31)53)35-9-10-36(50)43-37(35)51/h1-8,13,16,21-22,29,35H,9-12,14-15,17-20,24H2,(H,43,50,51). The summed E-state index contributed by atoms with van der Waals surface area (Å²) in [4.78, 5) is 71.5. The molecule has 13 nitrogen and oxygen atoms in total. The zero-order valence-corrected chi connectivity index (χ0v) is 30.2. The van der Waals surface area contributed by atoms with Crippen LogP contribution in [0.25, 0.3) is 11.3 Å². The number of hydrogen-bond acceptors (Lipinski definition) is 9. The summed E-state index contributed by atoms with van der Waals surface area (Å²) in [6.07, 6.45) is 3.96. The Labute approximate surface area is 316 Å². The summed E-state index contributed by atoms with van der Waals surface area (Å²) >= 11 is 6.20. The van der Waals surface area contributed by atoms with Crippen LogP contribution in [0.15, 0.2) is 72.9 Å². The van der Waals surface area contributed by atoms with E-state index in [4.69, 9.17) is 16.9 Å². The van der Waals surface area contributed by atoms with E-state index in [2.05, 4.69) is 26.3 Å². The van der Waals surface area contributed by atoms with Gasteiger partial charge in [-0.05, 0) is 73.4 Å². The predicted molar refractivity (Wildman–Crippen MR) is 199 cm³/mol. The Morgan fingerprint density at radius 3 is 2.30 bits per heavy atom. The highest BCUT2D eigenvalue weighted by Gasteiger charge is 2.45. The van der Waals surface area contributed by atoms with Crippen LogP contribution in [0.1, 0.15) is 67.9 Å². The third kappa shape index (κ3) is 6.74. The molecule has 0 radical (unpaired) electrons. The van der Waals surface area contributed by atoms with E-state index in [0.29, 0.717) is 47.4 Å². The highest BCUT2D eigenvalue weighted by Crippen LogP contribution is 2.32. The molecule has 3 aromatic carbocycles. The van der Waals surface area contributed by atoms with Crippen molar-refractivity contribution in [1.82, 2.24) is 29.8 Å². The van der Waals surface area contributed by atoms with E-state index in [-0.39, 0.29) is 24.3 Å². The molecule has 274 valence electrons. The lowest BCUT2D eigenvalue weighted by atomic mass is 10.0. The largest absolute Gasteiger partial charge is 0.371 e. The lowest BCUT2D eigenvalue weighted by Crippen LogP contribution is -2.54. The number of carbonyl (C=O) groups excluding carboxylic acids is 5. The maximum Gasteiger partial charge on any atom is 0.262 e. The van der Waals surface area contributed by atoms with E-state index in [9.17, 15) is 24.0 Å². The molecule has 1 unspecified atom stereocenters. The van der Waals surface area contributed by atoms with Crippen molar-refractivity contribution in [3.8, 4) is 17.3 Å². The van der Waals surface area contributed by atoms with Crippen LogP contribution in [0.4, 0.5) is 5.69 Å². The first-order valence-electron chi connectivity index (χ1n) is 18.1. The summed E-state index contributed by atoms with van der Waals surface area (Å²) in [6, 6.07) is 21.6. The van der Waals surface area contributed by atoms with Gasteiger partial charge in [-0.25, -0.2) is 0 Å². The number of fused-ring (bicyclic) bond motifs is 1. The van der Waals surface area contributed by atoms with Crippen LogP contribution in [0.5, 0.6) is 0 Å². The van der Waals surface area contributed by atoms with Crippen molar-refractivity contribution < 1.29 is 24.0 Å². The van der Waals surface area contributed by atoms with Crippen LogP contribution >= 0.6 is 11.6 Å². The van der Waals surface area contributed by atoms with Crippen molar-refractivity contribution in [2.45, 2.75) is 44.3 Å². The second-order valence-corrected chi connectivity index (χ2v) is 14.5. The SMILES string of the molecule is N#Cc1ccc(-c2ccn(Cc3ccc(C(=O)N4CCN(C5CCN(c6ccc7c(c6)C(=O)N(C6CCC(=O)NC6=O)C7=O)CC5)CC4)cc3)n2)cc1Cl. The highest BCUT2D eigenvalue weighted by molar-refractivity contribution is 6.32. The van der Waals surface area contributed by atoms with E-state index in [1.165, 1.54) is 0 Å². The third-order valence-corrected chi connectivity index (χ3v) is 11.3. The Hall–Kier alpha value is -5.84.